The van der Waals surface area contributed by atoms with Crippen LogP contribution in [0.25, 0.3) is 0 Å². The van der Waals surface area contributed by atoms with Crippen molar-refractivity contribution in [3.63, 3.8) is 0 Å². The van der Waals surface area contributed by atoms with Gasteiger partial charge in [-0.1, -0.05) is 13.8 Å². The van der Waals surface area contributed by atoms with E-state index in [4.69, 9.17) is 0 Å². The van der Waals surface area contributed by atoms with E-state index in [9.17, 15) is 0 Å². The molecule has 0 saturated carbocycles. The van der Waals surface area contributed by atoms with Gasteiger partial charge in [0.1, 0.15) is 0 Å². The third-order valence-corrected chi connectivity index (χ3v) is 4.28. The minimum atomic E-state index is 0.702. The number of hydrogen-bond donors (Lipinski definition) is 1. The molecule has 16 heavy (non-hydrogen) atoms. The predicted octanol–water partition coefficient (Wildman–Crippen LogP) is 2.64. The Labute approximate surface area is 101 Å². The summed E-state index contributed by atoms with van der Waals surface area (Å²) in [4.78, 5) is 2.69. The van der Waals surface area contributed by atoms with Crippen molar-refractivity contribution >= 4 is 0 Å². The molecule has 3 atom stereocenters. The summed E-state index contributed by atoms with van der Waals surface area (Å²) < 4.78 is 0. The lowest BCUT2D eigenvalue weighted by Crippen LogP contribution is -2.43. The standard InChI is InChI=1S/C14H28N2/c1-11(2)6-7-12(3)15-13-8-10-16-9-4-5-14(13)16/h11-15H,4-10H2,1-3H3. The van der Waals surface area contributed by atoms with Crippen LogP contribution in [0.4, 0.5) is 0 Å². The molecule has 0 bridgehead atoms. The molecule has 2 aliphatic heterocycles. The third kappa shape index (κ3) is 2.98. The summed E-state index contributed by atoms with van der Waals surface area (Å²) in [6.45, 7) is 9.68. The normalized spacial score (nSPS) is 32.2. The third-order valence-electron chi connectivity index (χ3n) is 4.28. The monoisotopic (exact) mass is 224 g/mol. The molecule has 0 aromatic heterocycles. The topological polar surface area (TPSA) is 15.3 Å². The van der Waals surface area contributed by atoms with Crippen molar-refractivity contribution in [1.29, 1.82) is 0 Å². The summed E-state index contributed by atoms with van der Waals surface area (Å²) in [5.74, 6) is 0.843. The van der Waals surface area contributed by atoms with Crippen molar-refractivity contribution in [1.82, 2.24) is 10.2 Å². The summed E-state index contributed by atoms with van der Waals surface area (Å²) in [6.07, 6.45) is 6.91. The Balaban J connectivity index is 1.72. The first-order valence-corrected chi connectivity index (χ1v) is 7.17. The van der Waals surface area contributed by atoms with Gasteiger partial charge < -0.3 is 5.32 Å². The SMILES string of the molecule is CC(C)CCC(C)NC1CCN2CCCC12. The summed E-state index contributed by atoms with van der Waals surface area (Å²) in [5.41, 5.74) is 0. The van der Waals surface area contributed by atoms with E-state index in [1.54, 1.807) is 0 Å². The molecule has 0 aliphatic carbocycles. The zero-order valence-corrected chi connectivity index (χ0v) is 11.2. The molecule has 94 valence electrons. The van der Waals surface area contributed by atoms with Gasteiger partial charge in [-0.2, -0.15) is 0 Å². The summed E-state index contributed by atoms with van der Waals surface area (Å²) in [5, 5.41) is 3.86. The molecule has 0 radical (unpaired) electrons. The lowest BCUT2D eigenvalue weighted by Gasteiger charge is -2.25. The first-order valence-electron chi connectivity index (χ1n) is 7.17. The highest BCUT2D eigenvalue weighted by Gasteiger charge is 2.37. The molecule has 1 N–H and O–H groups in total. The van der Waals surface area contributed by atoms with Crippen molar-refractivity contribution in [2.24, 2.45) is 5.92 Å². The average molecular weight is 224 g/mol. The Morgan fingerprint density at radius 2 is 1.94 bits per heavy atom. The minimum Gasteiger partial charge on any atom is -0.310 e. The quantitative estimate of drug-likeness (QED) is 0.772. The minimum absolute atomic E-state index is 0.702. The Kier molecular flexibility index (Phi) is 4.26. The Morgan fingerprint density at radius 3 is 2.69 bits per heavy atom. The molecule has 2 heteroatoms. The van der Waals surface area contributed by atoms with Gasteiger partial charge in [-0.05, 0) is 51.5 Å². The van der Waals surface area contributed by atoms with E-state index >= 15 is 0 Å². The van der Waals surface area contributed by atoms with Crippen LogP contribution in [0.2, 0.25) is 0 Å². The zero-order chi connectivity index (χ0) is 11.5. The average Bonchev–Trinajstić information content (AvgIpc) is 2.80. The van der Waals surface area contributed by atoms with Crippen molar-refractivity contribution in [2.75, 3.05) is 13.1 Å². The maximum absolute atomic E-state index is 3.86. The number of hydrogen-bond acceptors (Lipinski definition) is 2. The number of rotatable bonds is 5. The van der Waals surface area contributed by atoms with Crippen LogP contribution in [0.1, 0.15) is 52.9 Å². The fourth-order valence-corrected chi connectivity index (χ4v) is 3.31. The Morgan fingerprint density at radius 1 is 1.12 bits per heavy atom. The van der Waals surface area contributed by atoms with Crippen LogP contribution in [0.5, 0.6) is 0 Å². The smallest absolute Gasteiger partial charge is 0.0250 e. The van der Waals surface area contributed by atoms with Gasteiger partial charge in [0.2, 0.25) is 0 Å². The van der Waals surface area contributed by atoms with Crippen LogP contribution in [-0.4, -0.2) is 36.1 Å². The van der Waals surface area contributed by atoms with E-state index in [1.807, 2.05) is 0 Å². The van der Waals surface area contributed by atoms with Gasteiger partial charge in [-0.25, -0.2) is 0 Å². The van der Waals surface area contributed by atoms with Gasteiger partial charge in [0, 0.05) is 24.7 Å². The molecule has 0 aromatic carbocycles. The molecule has 2 aliphatic rings. The molecule has 2 rings (SSSR count). The van der Waals surface area contributed by atoms with Crippen LogP contribution in [0.15, 0.2) is 0 Å². The summed E-state index contributed by atoms with van der Waals surface area (Å²) >= 11 is 0. The first kappa shape index (κ1) is 12.4. The second-order valence-corrected chi connectivity index (χ2v) is 6.18. The molecule has 0 amide bonds. The molecule has 2 nitrogen and oxygen atoms in total. The highest BCUT2D eigenvalue weighted by molar-refractivity contribution is 4.96. The zero-order valence-electron chi connectivity index (χ0n) is 11.2. The van der Waals surface area contributed by atoms with Gasteiger partial charge in [0.25, 0.3) is 0 Å². The molecule has 2 fully saturated rings. The van der Waals surface area contributed by atoms with E-state index in [-0.39, 0.29) is 0 Å². The molecule has 2 saturated heterocycles. The molecule has 0 spiro atoms. The van der Waals surface area contributed by atoms with Gasteiger partial charge in [0.05, 0.1) is 0 Å². The van der Waals surface area contributed by atoms with Crippen LogP contribution in [0.3, 0.4) is 0 Å². The van der Waals surface area contributed by atoms with Crippen LogP contribution in [0, 0.1) is 5.92 Å². The summed E-state index contributed by atoms with van der Waals surface area (Å²) in [7, 11) is 0. The van der Waals surface area contributed by atoms with E-state index in [0.29, 0.717) is 6.04 Å². The maximum Gasteiger partial charge on any atom is 0.0250 e. The number of nitrogens with zero attached hydrogens (tertiary/aromatic N) is 1. The second kappa shape index (κ2) is 5.50. The molecule has 0 aromatic rings. The van der Waals surface area contributed by atoms with Gasteiger partial charge in [-0.15, -0.1) is 0 Å². The molecular weight excluding hydrogens is 196 g/mol. The highest BCUT2D eigenvalue weighted by atomic mass is 15.2. The van der Waals surface area contributed by atoms with Crippen LogP contribution < -0.4 is 5.32 Å². The van der Waals surface area contributed by atoms with Crippen molar-refractivity contribution in [2.45, 2.75) is 71.0 Å². The Hall–Kier alpha value is -0.0800. The molecule has 2 heterocycles. The van der Waals surface area contributed by atoms with E-state index < -0.39 is 0 Å². The number of nitrogens with one attached hydrogen (secondary N) is 1. The van der Waals surface area contributed by atoms with Crippen LogP contribution in [-0.2, 0) is 0 Å². The van der Waals surface area contributed by atoms with Crippen molar-refractivity contribution in [3.05, 3.63) is 0 Å². The van der Waals surface area contributed by atoms with Crippen molar-refractivity contribution in [3.8, 4) is 0 Å². The second-order valence-electron chi connectivity index (χ2n) is 6.18. The largest absolute Gasteiger partial charge is 0.310 e. The fourth-order valence-electron chi connectivity index (χ4n) is 3.31. The van der Waals surface area contributed by atoms with Crippen LogP contribution >= 0.6 is 0 Å². The first-order chi connectivity index (χ1) is 7.66. The van der Waals surface area contributed by atoms with Gasteiger partial charge in [0.15, 0.2) is 0 Å². The molecular formula is C14H28N2. The number of fused-ring (bicyclic) bond motifs is 1. The van der Waals surface area contributed by atoms with Crippen molar-refractivity contribution < 1.29 is 0 Å². The Bertz CT molecular complexity index is 215. The molecule has 3 unspecified atom stereocenters. The maximum atomic E-state index is 3.86. The van der Waals surface area contributed by atoms with E-state index in [1.165, 1.54) is 45.2 Å². The predicted molar refractivity (Wildman–Crippen MR) is 69.7 cm³/mol. The van der Waals surface area contributed by atoms with Gasteiger partial charge >= 0.3 is 0 Å². The fraction of sp³-hybridized carbons (Fsp3) is 1.00. The van der Waals surface area contributed by atoms with E-state index in [2.05, 4.69) is 31.0 Å². The summed E-state index contributed by atoms with van der Waals surface area (Å²) in [6, 6.07) is 2.35. The van der Waals surface area contributed by atoms with Gasteiger partial charge in [-0.3, -0.25) is 4.90 Å². The lowest BCUT2D eigenvalue weighted by atomic mass is 10.0. The van der Waals surface area contributed by atoms with E-state index in [0.717, 1.165) is 18.0 Å². The lowest BCUT2D eigenvalue weighted by molar-refractivity contribution is 0.286. The highest BCUT2D eigenvalue weighted by Crippen LogP contribution is 2.28.